The van der Waals surface area contributed by atoms with Crippen LogP contribution in [0.15, 0.2) is 24.8 Å². The molecule has 2 unspecified atom stereocenters. The summed E-state index contributed by atoms with van der Waals surface area (Å²) in [4.78, 5) is 0. The highest BCUT2D eigenvalue weighted by Gasteiger charge is 2.30. The van der Waals surface area contributed by atoms with E-state index in [1.165, 1.54) is 77.0 Å². The van der Waals surface area contributed by atoms with Crippen molar-refractivity contribution in [2.24, 2.45) is 29.6 Å². The van der Waals surface area contributed by atoms with Crippen LogP contribution in [0.4, 0.5) is 0 Å². The first kappa shape index (κ1) is 19.2. The van der Waals surface area contributed by atoms with E-state index in [9.17, 15) is 0 Å². The molecule has 2 saturated carbocycles. The number of hydrogen-bond donors (Lipinski definition) is 0. The lowest BCUT2D eigenvalue weighted by molar-refractivity contribution is -0.0413. The number of rotatable bonds is 6. The third-order valence-corrected chi connectivity index (χ3v) is 7.30. The number of allylic oxidation sites excluding steroid dienone is 3. The molecule has 25 heavy (non-hydrogen) atoms. The summed E-state index contributed by atoms with van der Waals surface area (Å²) >= 11 is 0. The third-order valence-electron chi connectivity index (χ3n) is 7.30. The molecular weight excluding hydrogens is 304 g/mol. The van der Waals surface area contributed by atoms with E-state index >= 15 is 0 Å². The fraction of sp³-hybridized carbons (Fsp3) is 0.833. The maximum atomic E-state index is 6.13. The summed E-state index contributed by atoms with van der Waals surface area (Å²) in [5.41, 5.74) is 0. The minimum absolute atomic E-state index is 0.566. The van der Waals surface area contributed by atoms with Crippen LogP contribution in [0.5, 0.6) is 0 Å². The number of hydrogen-bond acceptors (Lipinski definition) is 1. The summed E-state index contributed by atoms with van der Waals surface area (Å²) in [6.07, 6.45) is 24.3. The second-order valence-electron chi connectivity index (χ2n) is 9.05. The van der Waals surface area contributed by atoms with Crippen LogP contribution in [0.1, 0.15) is 84.0 Å². The molecule has 3 rings (SSSR count). The van der Waals surface area contributed by atoms with E-state index in [1.807, 2.05) is 0 Å². The maximum absolute atomic E-state index is 6.13. The Balaban J connectivity index is 1.35. The Morgan fingerprint density at radius 1 is 0.760 bits per heavy atom. The standard InChI is InChI=1S/C24H40O/c1-3-5-24-17-16-23(18-25-24)22-14-12-21(13-15-22)11-10-20-8-6-19(4-2)7-9-20/h4,10-11,19-24H,2-3,5-9,12-18H2,1H3. The molecule has 0 spiro atoms. The van der Waals surface area contributed by atoms with Crippen LogP contribution in [-0.4, -0.2) is 12.7 Å². The minimum atomic E-state index is 0.566. The molecule has 1 saturated heterocycles. The van der Waals surface area contributed by atoms with Gasteiger partial charge in [0.15, 0.2) is 0 Å². The Kier molecular flexibility index (Phi) is 7.65. The molecule has 1 heterocycles. The van der Waals surface area contributed by atoms with Crippen molar-refractivity contribution in [3.05, 3.63) is 24.8 Å². The molecule has 0 N–H and O–H groups in total. The van der Waals surface area contributed by atoms with Gasteiger partial charge in [-0.3, -0.25) is 0 Å². The van der Waals surface area contributed by atoms with Gasteiger partial charge in [0.1, 0.15) is 0 Å². The largest absolute Gasteiger partial charge is 0.378 e. The summed E-state index contributed by atoms with van der Waals surface area (Å²) < 4.78 is 6.13. The Bertz CT molecular complexity index is 402. The zero-order valence-corrected chi connectivity index (χ0v) is 16.5. The molecule has 0 aromatic carbocycles. The molecule has 1 aliphatic heterocycles. The minimum Gasteiger partial charge on any atom is -0.378 e. The molecule has 1 nitrogen and oxygen atoms in total. The van der Waals surface area contributed by atoms with E-state index < -0.39 is 0 Å². The quantitative estimate of drug-likeness (QED) is 0.474. The van der Waals surface area contributed by atoms with Gasteiger partial charge in [-0.2, -0.15) is 0 Å². The van der Waals surface area contributed by atoms with Gasteiger partial charge < -0.3 is 4.74 Å². The van der Waals surface area contributed by atoms with Gasteiger partial charge in [-0.1, -0.05) is 31.6 Å². The average Bonchev–Trinajstić information content (AvgIpc) is 2.68. The van der Waals surface area contributed by atoms with Gasteiger partial charge in [0.05, 0.1) is 12.7 Å². The second-order valence-corrected chi connectivity index (χ2v) is 9.05. The molecular formula is C24H40O. The van der Waals surface area contributed by atoms with Crippen LogP contribution in [-0.2, 0) is 4.74 Å². The SMILES string of the molecule is C=CC1CCC(C=CC2CCC(C3CCC(CCC)OC3)CC2)CC1. The van der Waals surface area contributed by atoms with Gasteiger partial charge in [0, 0.05) is 0 Å². The molecule has 1 heteroatoms. The Morgan fingerprint density at radius 2 is 1.32 bits per heavy atom. The first-order valence-electron chi connectivity index (χ1n) is 11.2. The van der Waals surface area contributed by atoms with Crippen molar-refractivity contribution in [1.29, 1.82) is 0 Å². The monoisotopic (exact) mass is 344 g/mol. The predicted molar refractivity (Wildman–Crippen MR) is 108 cm³/mol. The number of ether oxygens (including phenoxy) is 1. The average molecular weight is 345 g/mol. The third kappa shape index (κ3) is 5.71. The lowest BCUT2D eigenvalue weighted by Crippen LogP contribution is -2.32. The highest BCUT2D eigenvalue weighted by molar-refractivity contribution is 4.98. The highest BCUT2D eigenvalue weighted by Crippen LogP contribution is 2.39. The molecule has 0 aromatic rings. The normalized spacial score (nSPS) is 40.2. The van der Waals surface area contributed by atoms with E-state index in [0.29, 0.717) is 6.10 Å². The Labute approximate surface area is 156 Å². The van der Waals surface area contributed by atoms with Crippen molar-refractivity contribution in [2.75, 3.05) is 6.61 Å². The molecule has 2 aliphatic carbocycles. The summed E-state index contributed by atoms with van der Waals surface area (Å²) in [6, 6.07) is 0. The van der Waals surface area contributed by atoms with E-state index in [0.717, 1.165) is 36.2 Å². The Hall–Kier alpha value is -0.560. The van der Waals surface area contributed by atoms with Crippen molar-refractivity contribution in [3.63, 3.8) is 0 Å². The van der Waals surface area contributed by atoms with E-state index in [2.05, 4.69) is 31.7 Å². The van der Waals surface area contributed by atoms with Gasteiger partial charge in [0.2, 0.25) is 0 Å². The summed E-state index contributed by atoms with van der Waals surface area (Å²) in [5, 5.41) is 0. The first-order chi connectivity index (χ1) is 12.3. The van der Waals surface area contributed by atoms with E-state index in [-0.39, 0.29) is 0 Å². The van der Waals surface area contributed by atoms with Crippen molar-refractivity contribution in [2.45, 2.75) is 90.1 Å². The fourth-order valence-corrected chi connectivity index (χ4v) is 5.44. The van der Waals surface area contributed by atoms with Gasteiger partial charge in [-0.05, 0) is 100 Å². The van der Waals surface area contributed by atoms with E-state index in [1.54, 1.807) is 0 Å². The molecule has 142 valence electrons. The lowest BCUT2D eigenvalue weighted by atomic mass is 9.73. The van der Waals surface area contributed by atoms with Crippen molar-refractivity contribution in [3.8, 4) is 0 Å². The van der Waals surface area contributed by atoms with Crippen LogP contribution in [0, 0.1) is 29.6 Å². The molecule has 0 aromatic heterocycles. The maximum Gasteiger partial charge on any atom is 0.0575 e. The topological polar surface area (TPSA) is 9.23 Å². The van der Waals surface area contributed by atoms with Gasteiger partial charge in [0.25, 0.3) is 0 Å². The summed E-state index contributed by atoms with van der Waals surface area (Å²) in [6.45, 7) is 7.28. The van der Waals surface area contributed by atoms with Crippen LogP contribution < -0.4 is 0 Å². The summed E-state index contributed by atoms with van der Waals surface area (Å²) in [5.74, 6) is 4.28. The fourth-order valence-electron chi connectivity index (χ4n) is 5.44. The Morgan fingerprint density at radius 3 is 1.84 bits per heavy atom. The molecule has 0 amide bonds. The van der Waals surface area contributed by atoms with Crippen LogP contribution >= 0.6 is 0 Å². The predicted octanol–water partition coefficient (Wildman–Crippen LogP) is 6.94. The molecule has 2 atom stereocenters. The van der Waals surface area contributed by atoms with Crippen molar-refractivity contribution < 1.29 is 4.74 Å². The molecule has 3 aliphatic rings. The summed E-state index contributed by atoms with van der Waals surface area (Å²) in [7, 11) is 0. The first-order valence-corrected chi connectivity index (χ1v) is 11.2. The highest BCUT2D eigenvalue weighted by atomic mass is 16.5. The lowest BCUT2D eigenvalue weighted by Gasteiger charge is -2.37. The molecule has 0 bridgehead atoms. The molecule has 3 fully saturated rings. The van der Waals surface area contributed by atoms with Crippen LogP contribution in [0.2, 0.25) is 0 Å². The van der Waals surface area contributed by atoms with Crippen molar-refractivity contribution in [1.82, 2.24) is 0 Å². The van der Waals surface area contributed by atoms with Gasteiger partial charge in [-0.15, -0.1) is 6.58 Å². The smallest absolute Gasteiger partial charge is 0.0575 e. The van der Waals surface area contributed by atoms with Gasteiger partial charge >= 0.3 is 0 Å². The van der Waals surface area contributed by atoms with Crippen LogP contribution in [0.3, 0.4) is 0 Å². The zero-order chi connectivity index (χ0) is 17.5. The second kappa shape index (κ2) is 9.95. The van der Waals surface area contributed by atoms with Crippen molar-refractivity contribution >= 4 is 0 Å². The van der Waals surface area contributed by atoms with E-state index in [4.69, 9.17) is 4.74 Å². The van der Waals surface area contributed by atoms with Crippen LogP contribution in [0.25, 0.3) is 0 Å². The zero-order valence-electron chi connectivity index (χ0n) is 16.5. The molecule has 0 radical (unpaired) electrons. The van der Waals surface area contributed by atoms with Gasteiger partial charge in [-0.25, -0.2) is 0 Å².